The van der Waals surface area contributed by atoms with Crippen LogP contribution in [0.25, 0.3) is 0 Å². The zero-order valence-corrected chi connectivity index (χ0v) is 10.8. The number of carbonyl (C=O) groups excluding carboxylic acids is 1. The quantitative estimate of drug-likeness (QED) is 0.766. The Morgan fingerprint density at radius 1 is 1.53 bits per heavy atom. The Morgan fingerprint density at radius 3 is 3.00 bits per heavy atom. The number of nitrogens with one attached hydrogen (secondary N) is 1. The van der Waals surface area contributed by atoms with Crippen LogP contribution in [-0.4, -0.2) is 25.6 Å². The summed E-state index contributed by atoms with van der Waals surface area (Å²) in [5.74, 6) is -0.402. The van der Waals surface area contributed by atoms with Gasteiger partial charge in [-0.05, 0) is 44.0 Å². The van der Waals surface area contributed by atoms with Gasteiger partial charge in [-0.3, -0.25) is 4.79 Å². The zero-order valence-electron chi connectivity index (χ0n) is 10.8. The van der Waals surface area contributed by atoms with Crippen molar-refractivity contribution >= 4 is 5.91 Å². The summed E-state index contributed by atoms with van der Waals surface area (Å²) in [4.78, 5) is 10.9. The van der Waals surface area contributed by atoms with Gasteiger partial charge in [0, 0.05) is 17.7 Å². The first-order valence-electron chi connectivity index (χ1n) is 6.53. The van der Waals surface area contributed by atoms with Crippen molar-refractivity contribution in [2.45, 2.75) is 19.4 Å². The molecule has 0 aliphatic carbocycles. The number of halogens is 1. The highest BCUT2D eigenvalue weighted by atomic mass is 19.1. The van der Waals surface area contributed by atoms with Crippen molar-refractivity contribution < 1.29 is 13.9 Å². The molecule has 3 N–H and O–H groups in total. The molecule has 1 atom stereocenters. The van der Waals surface area contributed by atoms with Gasteiger partial charge in [-0.25, -0.2) is 4.39 Å². The average Bonchev–Trinajstić information content (AvgIpc) is 2.89. The normalized spacial score (nSPS) is 18.7. The molecular weight excluding hydrogens is 247 g/mol. The van der Waals surface area contributed by atoms with Crippen LogP contribution in [0.5, 0.6) is 0 Å². The second-order valence-corrected chi connectivity index (χ2v) is 4.87. The van der Waals surface area contributed by atoms with Crippen molar-refractivity contribution in [3.8, 4) is 0 Å². The minimum Gasteiger partial charge on any atom is -0.377 e. The van der Waals surface area contributed by atoms with Gasteiger partial charge >= 0.3 is 0 Å². The Balaban J connectivity index is 1.77. The van der Waals surface area contributed by atoms with Crippen molar-refractivity contribution in [3.63, 3.8) is 0 Å². The van der Waals surface area contributed by atoms with Crippen LogP contribution in [0.1, 0.15) is 28.8 Å². The number of rotatable bonds is 6. The van der Waals surface area contributed by atoms with Gasteiger partial charge in [0.2, 0.25) is 5.91 Å². The van der Waals surface area contributed by atoms with Gasteiger partial charge in [0.15, 0.2) is 0 Å². The van der Waals surface area contributed by atoms with Crippen LogP contribution in [0.2, 0.25) is 0 Å². The van der Waals surface area contributed by atoms with E-state index >= 15 is 0 Å². The second-order valence-electron chi connectivity index (χ2n) is 4.87. The average molecular weight is 266 g/mol. The van der Waals surface area contributed by atoms with E-state index in [0.29, 0.717) is 18.1 Å². The largest absolute Gasteiger partial charge is 0.377 e. The number of benzene rings is 1. The first-order valence-corrected chi connectivity index (χ1v) is 6.53. The summed E-state index contributed by atoms with van der Waals surface area (Å²) in [7, 11) is 0. The zero-order chi connectivity index (χ0) is 13.7. The Hall–Kier alpha value is -1.46. The van der Waals surface area contributed by atoms with E-state index in [-0.39, 0.29) is 12.2 Å². The molecule has 1 amide bonds. The maximum absolute atomic E-state index is 13.6. The Labute approximate surface area is 112 Å². The summed E-state index contributed by atoms with van der Waals surface area (Å²) in [6.07, 6.45) is 2.18. The Bertz CT molecular complexity index is 445. The third-order valence-corrected chi connectivity index (χ3v) is 3.43. The maximum atomic E-state index is 13.6. The molecule has 1 saturated heterocycles. The van der Waals surface area contributed by atoms with Gasteiger partial charge in [-0.2, -0.15) is 0 Å². The van der Waals surface area contributed by atoms with Crippen molar-refractivity contribution in [3.05, 3.63) is 35.1 Å². The van der Waals surface area contributed by atoms with Gasteiger partial charge in [0.25, 0.3) is 0 Å². The molecule has 0 radical (unpaired) electrons. The molecule has 0 bridgehead atoms. The lowest BCUT2D eigenvalue weighted by Crippen LogP contribution is -2.12. The molecule has 2 rings (SSSR count). The molecule has 5 heteroatoms. The van der Waals surface area contributed by atoms with Crippen LogP contribution in [0.3, 0.4) is 0 Å². The molecule has 0 spiro atoms. The lowest BCUT2D eigenvalue weighted by Gasteiger charge is -2.09. The van der Waals surface area contributed by atoms with Crippen molar-refractivity contribution in [2.24, 2.45) is 11.7 Å². The number of ether oxygens (including phenoxy) is 1. The monoisotopic (exact) mass is 266 g/mol. The van der Waals surface area contributed by atoms with Crippen molar-refractivity contribution in [2.75, 3.05) is 19.7 Å². The molecule has 1 aliphatic rings. The fraction of sp³-hybridized carbons (Fsp3) is 0.500. The molecule has 1 aliphatic heterocycles. The fourth-order valence-corrected chi connectivity index (χ4v) is 2.21. The standard InChI is InChI=1S/C14H19FN2O2/c15-13-7-11(14(16)18)1-2-12(13)9-19-6-4-10-3-5-17-8-10/h1-2,7,10,17H,3-6,8-9H2,(H2,16,18). The number of hydrogen-bond acceptors (Lipinski definition) is 3. The molecule has 104 valence electrons. The van der Waals surface area contributed by atoms with E-state index in [4.69, 9.17) is 10.5 Å². The van der Waals surface area contributed by atoms with Crippen LogP contribution >= 0.6 is 0 Å². The van der Waals surface area contributed by atoms with E-state index in [1.807, 2.05) is 0 Å². The molecule has 0 saturated carbocycles. The molecule has 1 heterocycles. The highest BCUT2D eigenvalue weighted by molar-refractivity contribution is 5.92. The molecule has 19 heavy (non-hydrogen) atoms. The SMILES string of the molecule is NC(=O)c1ccc(COCCC2CCNC2)c(F)c1. The second kappa shape index (κ2) is 6.63. The topological polar surface area (TPSA) is 64.4 Å². The number of primary amides is 1. The molecule has 0 aromatic heterocycles. The summed E-state index contributed by atoms with van der Waals surface area (Å²) >= 11 is 0. The van der Waals surface area contributed by atoms with Gasteiger partial charge in [0.1, 0.15) is 5.82 Å². The van der Waals surface area contributed by atoms with E-state index < -0.39 is 11.7 Å². The molecule has 1 aromatic rings. The highest BCUT2D eigenvalue weighted by Crippen LogP contribution is 2.14. The molecule has 1 fully saturated rings. The van der Waals surface area contributed by atoms with E-state index in [2.05, 4.69) is 5.32 Å². The summed E-state index contributed by atoms with van der Waals surface area (Å²) in [5.41, 5.74) is 5.71. The maximum Gasteiger partial charge on any atom is 0.248 e. The minimum atomic E-state index is -0.625. The van der Waals surface area contributed by atoms with E-state index in [1.54, 1.807) is 6.07 Å². The van der Waals surface area contributed by atoms with Gasteiger partial charge in [-0.1, -0.05) is 6.07 Å². The van der Waals surface area contributed by atoms with Crippen LogP contribution in [-0.2, 0) is 11.3 Å². The molecule has 1 aromatic carbocycles. The van der Waals surface area contributed by atoms with E-state index in [0.717, 1.165) is 25.6 Å². The number of nitrogens with two attached hydrogens (primary N) is 1. The van der Waals surface area contributed by atoms with Gasteiger partial charge in [0.05, 0.1) is 6.61 Å². The molecule has 1 unspecified atom stereocenters. The summed E-state index contributed by atoms with van der Waals surface area (Å²) in [6, 6.07) is 4.22. The summed E-state index contributed by atoms with van der Waals surface area (Å²) < 4.78 is 19.1. The molecule has 4 nitrogen and oxygen atoms in total. The van der Waals surface area contributed by atoms with Crippen LogP contribution < -0.4 is 11.1 Å². The third-order valence-electron chi connectivity index (χ3n) is 3.43. The lowest BCUT2D eigenvalue weighted by atomic mass is 10.1. The van der Waals surface area contributed by atoms with Crippen LogP contribution in [0, 0.1) is 11.7 Å². The smallest absolute Gasteiger partial charge is 0.248 e. The summed E-state index contributed by atoms with van der Waals surface area (Å²) in [6.45, 7) is 2.98. The highest BCUT2D eigenvalue weighted by Gasteiger charge is 2.14. The third kappa shape index (κ3) is 4.01. The predicted molar refractivity (Wildman–Crippen MR) is 70.2 cm³/mol. The summed E-state index contributed by atoms with van der Waals surface area (Å²) in [5, 5.41) is 3.30. The Kier molecular flexibility index (Phi) is 4.87. The number of carbonyl (C=O) groups is 1. The number of hydrogen-bond donors (Lipinski definition) is 2. The van der Waals surface area contributed by atoms with Crippen LogP contribution in [0.4, 0.5) is 4.39 Å². The lowest BCUT2D eigenvalue weighted by molar-refractivity contribution is 0.0997. The van der Waals surface area contributed by atoms with Crippen LogP contribution in [0.15, 0.2) is 18.2 Å². The first-order chi connectivity index (χ1) is 9.16. The Morgan fingerprint density at radius 2 is 2.37 bits per heavy atom. The van der Waals surface area contributed by atoms with E-state index in [9.17, 15) is 9.18 Å². The fourth-order valence-electron chi connectivity index (χ4n) is 2.21. The van der Waals surface area contributed by atoms with Crippen molar-refractivity contribution in [1.29, 1.82) is 0 Å². The van der Waals surface area contributed by atoms with E-state index in [1.165, 1.54) is 12.5 Å². The van der Waals surface area contributed by atoms with Gasteiger partial charge in [-0.15, -0.1) is 0 Å². The molecular formula is C14H19FN2O2. The van der Waals surface area contributed by atoms with Gasteiger partial charge < -0.3 is 15.8 Å². The predicted octanol–water partition coefficient (Wildman–Crippen LogP) is 1.44. The van der Waals surface area contributed by atoms with Crippen molar-refractivity contribution in [1.82, 2.24) is 5.32 Å². The number of amides is 1. The minimum absolute atomic E-state index is 0.179. The first kappa shape index (κ1) is 14.0.